The third-order valence-corrected chi connectivity index (χ3v) is 5.85. The Morgan fingerprint density at radius 1 is 1.13 bits per heavy atom. The number of carbonyl (C=O) groups excluding carboxylic acids is 1. The van der Waals surface area contributed by atoms with Gasteiger partial charge in [0.2, 0.25) is 5.91 Å². The van der Waals surface area contributed by atoms with Crippen LogP contribution in [0.5, 0.6) is 5.75 Å². The zero-order valence-electron chi connectivity index (χ0n) is 19.3. The van der Waals surface area contributed by atoms with E-state index in [2.05, 4.69) is 55.8 Å². The number of imidazole rings is 1. The van der Waals surface area contributed by atoms with E-state index in [1.165, 1.54) is 11.1 Å². The summed E-state index contributed by atoms with van der Waals surface area (Å²) in [4.78, 5) is 17.1. The van der Waals surface area contributed by atoms with Gasteiger partial charge < -0.3 is 14.6 Å². The van der Waals surface area contributed by atoms with Crippen LogP contribution >= 0.6 is 0 Å². The van der Waals surface area contributed by atoms with Crippen molar-refractivity contribution in [1.29, 1.82) is 0 Å². The molecule has 1 amide bonds. The van der Waals surface area contributed by atoms with Crippen LogP contribution in [0.3, 0.4) is 0 Å². The molecule has 1 heterocycles. The van der Waals surface area contributed by atoms with Crippen molar-refractivity contribution < 1.29 is 9.53 Å². The highest BCUT2D eigenvalue weighted by Gasteiger charge is 2.15. The lowest BCUT2D eigenvalue weighted by Crippen LogP contribution is -2.32. The third-order valence-electron chi connectivity index (χ3n) is 5.85. The van der Waals surface area contributed by atoms with Crippen LogP contribution in [-0.4, -0.2) is 28.6 Å². The molecule has 0 bridgehead atoms. The van der Waals surface area contributed by atoms with Crippen molar-refractivity contribution >= 4 is 16.9 Å². The molecule has 0 aliphatic carbocycles. The van der Waals surface area contributed by atoms with Gasteiger partial charge >= 0.3 is 0 Å². The lowest BCUT2D eigenvalue weighted by molar-refractivity contribution is -0.125. The van der Waals surface area contributed by atoms with Crippen LogP contribution in [0, 0.1) is 19.8 Å². The van der Waals surface area contributed by atoms with E-state index in [1.807, 2.05) is 24.3 Å². The number of rotatable bonds is 11. The zero-order chi connectivity index (χ0) is 22.2. The Labute approximate surface area is 185 Å². The molecule has 3 rings (SSSR count). The fourth-order valence-corrected chi connectivity index (χ4v) is 4.03. The summed E-state index contributed by atoms with van der Waals surface area (Å²) >= 11 is 0. The highest BCUT2D eigenvalue weighted by Crippen LogP contribution is 2.20. The predicted molar refractivity (Wildman–Crippen MR) is 127 cm³/mol. The second-order valence-electron chi connectivity index (χ2n) is 8.19. The average molecular weight is 422 g/mol. The standard InChI is InChI=1S/C26H35N3O2/c1-5-21(6-2)26(30)27-15-14-25-28-22-10-7-8-11-23(22)29(25)16-9-17-31-24-13-12-19(3)18-20(24)4/h7-8,10-13,18,21H,5-6,9,14-17H2,1-4H3,(H,27,30). The van der Waals surface area contributed by atoms with Crippen molar-refractivity contribution in [2.24, 2.45) is 5.92 Å². The molecule has 0 saturated heterocycles. The summed E-state index contributed by atoms with van der Waals surface area (Å²) in [6, 6.07) is 14.5. The van der Waals surface area contributed by atoms with E-state index < -0.39 is 0 Å². The third kappa shape index (κ3) is 5.87. The normalized spacial score (nSPS) is 11.3. The van der Waals surface area contributed by atoms with Gasteiger partial charge in [0.25, 0.3) is 0 Å². The molecule has 0 fully saturated rings. The molecule has 1 N–H and O–H groups in total. The van der Waals surface area contributed by atoms with Gasteiger partial charge in [-0.25, -0.2) is 4.98 Å². The van der Waals surface area contributed by atoms with Crippen molar-refractivity contribution in [3.05, 3.63) is 59.4 Å². The molecule has 5 nitrogen and oxygen atoms in total. The van der Waals surface area contributed by atoms with E-state index in [4.69, 9.17) is 9.72 Å². The smallest absolute Gasteiger partial charge is 0.223 e. The zero-order valence-corrected chi connectivity index (χ0v) is 19.3. The SMILES string of the molecule is CCC(CC)C(=O)NCCc1nc2ccccc2n1CCCOc1ccc(C)cc1C. The van der Waals surface area contributed by atoms with Gasteiger partial charge in [-0.2, -0.15) is 0 Å². The number of nitrogens with one attached hydrogen (secondary N) is 1. The molecule has 0 aliphatic heterocycles. The van der Waals surface area contributed by atoms with E-state index >= 15 is 0 Å². The summed E-state index contributed by atoms with van der Waals surface area (Å²) in [5.74, 6) is 2.21. The molecule has 0 aliphatic rings. The summed E-state index contributed by atoms with van der Waals surface area (Å²) in [7, 11) is 0. The number of fused-ring (bicyclic) bond motifs is 1. The van der Waals surface area contributed by atoms with Crippen LogP contribution in [0.2, 0.25) is 0 Å². The van der Waals surface area contributed by atoms with Crippen molar-refractivity contribution in [2.45, 2.75) is 59.9 Å². The number of nitrogens with zero attached hydrogens (tertiary/aromatic N) is 2. The highest BCUT2D eigenvalue weighted by atomic mass is 16.5. The Balaban J connectivity index is 1.61. The Morgan fingerprint density at radius 2 is 1.90 bits per heavy atom. The average Bonchev–Trinajstić information content (AvgIpc) is 3.11. The van der Waals surface area contributed by atoms with Crippen molar-refractivity contribution in [3.8, 4) is 5.75 Å². The Hall–Kier alpha value is -2.82. The molecule has 0 spiro atoms. The fraction of sp³-hybridized carbons (Fsp3) is 0.462. The largest absolute Gasteiger partial charge is 0.493 e. The molecule has 0 unspecified atom stereocenters. The molecular weight excluding hydrogens is 386 g/mol. The Bertz CT molecular complexity index is 1010. The van der Waals surface area contributed by atoms with Crippen molar-refractivity contribution in [1.82, 2.24) is 14.9 Å². The quantitative estimate of drug-likeness (QED) is 0.432. The van der Waals surface area contributed by atoms with Gasteiger partial charge in [0, 0.05) is 25.4 Å². The number of aromatic nitrogens is 2. The first-order valence-corrected chi connectivity index (χ1v) is 11.4. The number of hydrogen-bond donors (Lipinski definition) is 1. The summed E-state index contributed by atoms with van der Waals surface area (Å²) < 4.78 is 8.28. The topological polar surface area (TPSA) is 56.2 Å². The minimum atomic E-state index is 0.0983. The van der Waals surface area contributed by atoms with Gasteiger partial charge in [0.15, 0.2) is 0 Å². The summed E-state index contributed by atoms with van der Waals surface area (Å²) in [5, 5.41) is 3.09. The van der Waals surface area contributed by atoms with Crippen LogP contribution in [0.4, 0.5) is 0 Å². The predicted octanol–water partition coefficient (Wildman–Crippen LogP) is 5.22. The molecular formula is C26H35N3O2. The summed E-state index contributed by atoms with van der Waals surface area (Å²) in [6.07, 6.45) is 3.36. The maximum absolute atomic E-state index is 12.3. The van der Waals surface area contributed by atoms with Crippen molar-refractivity contribution in [3.63, 3.8) is 0 Å². The highest BCUT2D eigenvalue weighted by molar-refractivity contribution is 5.78. The number of aryl methyl sites for hydroxylation is 3. The monoisotopic (exact) mass is 421 g/mol. The van der Waals surface area contributed by atoms with Crippen LogP contribution in [0.25, 0.3) is 11.0 Å². The molecule has 31 heavy (non-hydrogen) atoms. The molecule has 2 aromatic carbocycles. The van der Waals surface area contributed by atoms with E-state index in [0.29, 0.717) is 13.2 Å². The number of para-hydroxylation sites is 2. The number of ether oxygens (including phenoxy) is 1. The molecule has 0 atom stereocenters. The first-order valence-electron chi connectivity index (χ1n) is 11.4. The molecule has 166 valence electrons. The van der Waals surface area contributed by atoms with Crippen LogP contribution < -0.4 is 10.1 Å². The first kappa shape index (κ1) is 22.9. The van der Waals surface area contributed by atoms with Crippen LogP contribution in [0.15, 0.2) is 42.5 Å². The van der Waals surface area contributed by atoms with Gasteiger partial charge in [-0.1, -0.05) is 43.7 Å². The number of amides is 1. The van der Waals surface area contributed by atoms with Gasteiger partial charge in [-0.15, -0.1) is 0 Å². The van der Waals surface area contributed by atoms with Gasteiger partial charge in [0.1, 0.15) is 11.6 Å². The molecule has 5 heteroatoms. The Kier molecular flexibility index (Phi) is 8.10. The minimum absolute atomic E-state index is 0.0983. The maximum atomic E-state index is 12.3. The van der Waals surface area contributed by atoms with Crippen molar-refractivity contribution in [2.75, 3.05) is 13.2 Å². The van der Waals surface area contributed by atoms with E-state index in [0.717, 1.165) is 54.8 Å². The van der Waals surface area contributed by atoms with E-state index in [-0.39, 0.29) is 11.8 Å². The lowest BCUT2D eigenvalue weighted by Gasteiger charge is -2.14. The number of carbonyl (C=O) groups is 1. The van der Waals surface area contributed by atoms with Gasteiger partial charge in [-0.3, -0.25) is 4.79 Å². The number of benzene rings is 2. The summed E-state index contributed by atoms with van der Waals surface area (Å²) in [5.41, 5.74) is 4.55. The minimum Gasteiger partial charge on any atom is -0.493 e. The van der Waals surface area contributed by atoms with E-state index in [1.54, 1.807) is 0 Å². The van der Waals surface area contributed by atoms with Crippen LogP contribution in [-0.2, 0) is 17.8 Å². The molecule has 1 aromatic heterocycles. The van der Waals surface area contributed by atoms with Gasteiger partial charge in [0.05, 0.1) is 17.6 Å². The maximum Gasteiger partial charge on any atom is 0.223 e. The second kappa shape index (κ2) is 11.0. The second-order valence-corrected chi connectivity index (χ2v) is 8.19. The molecule has 3 aromatic rings. The lowest BCUT2D eigenvalue weighted by atomic mass is 10.0. The Morgan fingerprint density at radius 3 is 2.65 bits per heavy atom. The summed E-state index contributed by atoms with van der Waals surface area (Å²) in [6.45, 7) is 10.4. The first-order chi connectivity index (χ1) is 15.0. The molecule has 0 radical (unpaired) electrons. The van der Waals surface area contributed by atoms with E-state index in [9.17, 15) is 4.79 Å². The number of hydrogen-bond acceptors (Lipinski definition) is 3. The van der Waals surface area contributed by atoms with Gasteiger partial charge in [-0.05, 0) is 56.9 Å². The fourth-order valence-electron chi connectivity index (χ4n) is 4.03. The molecule has 0 saturated carbocycles. The van der Waals surface area contributed by atoms with Crippen LogP contribution in [0.1, 0.15) is 50.1 Å².